The van der Waals surface area contributed by atoms with E-state index in [9.17, 15) is 5.11 Å². The van der Waals surface area contributed by atoms with E-state index in [0.717, 1.165) is 38.8 Å². The van der Waals surface area contributed by atoms with Crippen LogP contribution in [0.3, 0.4) is 0 Å². The Labute approximate surface area is 225 Å². The average molecular weight is 508 g/mol. The number of hydrogen-bond acceptors (Lipinski definition) is 4. The number of rotatable bonds is 5. The fourth-order valence-corrected chi connectivity index (χ4v) is 5.69. The van der Waals surface area contributed by atoms with Crippen molar-refractivity contribution in [3.8, 4) is 17.1 Å². The molecule has 7 rings (SSSR count). The molecule has 0 unspecified atom stereocenters. The summed E-state index contributed by atoms with van der Waals surface area (Å²) in [5.41, 5.74) is 6.47. The van der Waals surface area contributed by atoms with Crippen molar-refractivity contribution in [3.63, 3.8) is 0 Å². The first-order chi connectivity index (χ1) is 19.2. The zero-order chi connectivity index (χ0) is 26.4. The number of aromatic hydroxyl groups is 1. The first kappa shape index (κ1) is 22.9. The van der Waals surface area contributed by atoms with Gasteiger partial charge in [0.25, 0.3) is 0 Å². The highest BCUT2D eigenvalue weighted by molar-refractivity contribution is 5.94. The molecule has 0 spiro atoms. The Kier molecular flexibility index (Phi) is 5.27. The average Bonchev–Trinajstić information content (AvgIpc) is 3.56. The lowest BCUT2D eigenvalue weighted by atomic mass is 9.76. The second-order valence-electron chi connectivity index (χ2n) is 9.63. The van der Waals surface area contributed by atoms with Gasteiger partial charge in [-0.2, -0.15) is 5.10 Å². The quantitative estimate of drug-likeness (QED) is 0.269. The standard InChI is InChI=1S/C33H25N5O/c1-37-30-18-17-26(39)21-27(30)31(36-37)29-22-34-32-28(35-29)19-20-38(32)33(23-11-5-2-6-12-23,24-13-7-3-8-14-24)25-15-9-4-10-16-25/h2-22,39H,1H3. The van der Waals surface area contributed by atoms with Crippen LogP contribution in [0.2, 0.25) is 0 Å². The molecule has 0 saturated heterocycles. The van der Waals surface area contributed by atoms with Gasteiger partial charge < -0.3 is 9.67 Å². The molecule has 6 nitrogen and oxygen atoms in total. The maximum absolute atomic E-state index is 10.1. The minimum absolute atomic E-state index is 0.190. The number of aromatic nitrogens is 5. The van der Waals surface area contributed by atoms with Crippen LogP contribution in [0, 0.1) is 0 Å². The Bertz CT molecular complexity index is 1830. The van der Waals surface area contributed by atoms with E-state index in [0.29, 0.717) is 11.4 Å². The van der Waals surface area contributed by atoms with Gasteiger partial charge in [-0.05, 0) is 41.0 Å². The van der Waals surface area contributed by atoms with Crippen molar-refractivity contribution < 1.29 is 5.11 Å². The molecule has 0 bridgehead atoms. The van der Waals surface area contributed by atoms with E-state index in [1.807, 2.05) is 37.4 Å². The Morgan fingerprint density at radius 3 is 1.90 bits per heavy atom. The van der Waals surface area contributed by atoms with Crippen LogP contribution in [-0.4, -0.2) is 29.4 Å². The molecule has 0 radical (unpaired) electrons. The molecule has 7 aromatic rings. The van der Waals surface area contributed by atoms with Gasteiger partial charge in [-0.3, -0.25) is 4.68 Å². The minimum Gasteiger partial charge on any atom is -0.508 e. The van der Waals surface area contributed by atoms with Gasteiger partial charge in [0, 0.05) is 18.6 Å². The highest BCUT2D eigenvalue weighted by atomic mass is 16.3. The Morgan fingerprint density at radius 2 is 1.31 bits per heavy atom. The lowest BCUT2D eigenvalue weighted by Crippen LogP contribution is -2.37. The number of phenols is 1. The zero-order valence-corrected chi connectivity index (χ0v) is 21.3. The summed E-state index contributed by atoms with van der Waals surface area (Å²) in [5.74, 6) is 0.190. The predicted octanol–water partition coefficient (Wildman–Crippen LogP) is 6.53. The van der Waals surface area contributed by atoms with Gasteiger partial charge in [0.05, 0.1) is 11.7 Å². The highest BCUT2D eigenvalue weighted by Crippen LogP contribution is 2.42. The molecule has 0 aliphatic carbocycles. The minimum atomic E-state index is -0.675. The Morgan fingerprint density at radius 1 is 0.718 bits per heavy atom. The van der Waals surface area contributed by atoms with Crippen molar-refractivity contribution in [2.24, 2.45) is 7.05 Å². The molecule has 0 aliphatic heterocycles. The molecular formula is C33H25N5O. The van der Waals surface area contributed by atoms with Crippen molar-refractivity contribution in [2.45, 2.75) is 5.54 Å². The number of phenolic OH excluding ortho intramolecular Hbond substituents is 1. The van der Waals surface area contributed by atoms with E-state index in [1.54, 1.807) is 23.0 Å². The maximum atomic E-state index is 10.1. The summed E-state index contributed by atoms with van der Waals surface area (Å²) < 4.78 is 4.02. The first-order valence-electron chi connectivity index (χ1n) is 12.8. The molecule has 6 heteroatoms. The normalized spacial score (nSPS) is 11.8. The highest BCUT2D eigenvalue weighted by Gasteiger charge is 2.39. The number of nitrogens with zero attached hydrogens (tertiary/aromatic N) is 5. The fraction of sp³-hybridized carbons (Fsp3) is 0.0606. The Hall–Kier alpha value is -5.23. The number of aryl methyl sites for hydroxylation is 1. The summed E-state index contributed by atoms with van der Waals surface area (Å²) in [6.07, 6.45) is 3.85. The van der Waals surface area contributed by atoms with Crippen LogP contribution in [0.5, 0.6) is 5.75 Å². The molecule has 0 fully saturated rings. The van der Waals surface area contributed by atoms with E-state index >= 15 is 0 Å². The third-order valence-electron chi connectivity index (χ3n) is 7.40. The molecule has 3 aromatic heterocycles. The third-order valence-corrected chi connectivity index (χ3v) is 7.40. The van der Waals surface area contributed by atoms with Gasteiger partial charge in [0.2, 0.25) is 0 Å². The fourth-order valence-electron chi connectivity index (χ4n) is 5.69. The molecule has 0 saturated carbocycles. The van der Waals surface area contributed by atoms with E-state index in [-0.39, 0.29) is 5.75 Å². The van der Waals surface area contributed by atoms with Crippen LogP contribution < -0.4 is 0 Å². The van der Waals surface area contributed by atoms with Gasteiger partial charge in [0.1, 0.15) is 28.2 Å². The van der Waals surface area contributed by atoms with E-state index in [4.69, 9.17) is 15.1 Å². The molecule has 1 N–H and O–H groups in total. The second-order valence-corrected chi connectivity index (χ2v) is 9.63. The van der Waals surface area contributed by atoms with Gasteiger partial charge in [-0.15, -0.1) is 0 Å². The summed E-state index contributed by atoms with van der Waals surface area (Å²) in [6, 6.07) is 38.8. The number of hydrogen-bond donors (Lipinski definition) is 1. The molecule has 0 aliphatic rings. The number of benzene rings is 4. The topological polar surface area (TPSA) is 68.8 Å². The summed E-state index contributed by atoms with van der Waals surface area (Å²) in [5, 5.41) is 15.7. The van der Waals surface area contributed by atoms with Crippen LogP contribution in [-0.2, 0) is 12.6 Å². The van der Waals surface area contributed by atoms with Gasteiger partial charge in [-0.1, -0.05) is 91.0 Å². The summed E-state index contributed by atoms with van der Waals surface area (Å²) >= 11 is 0. The lowest BCUT2D eigenvalue weighted by molar-refractivity contribution is 0.476. The first-order valence-corrected chi connectivity index (χ1v) is 12.8. The van der Waals surface area contributed by atoms with Crippen LogP contribution in [0.1, 0.15) is 16.7 Å². The largest absolute Gasteiger partial charge is 0.508 e. The summed E-state index contributed by atoms with van der Waals surface area (Å²) in [7, 11) is 1.89. The van der Waals surface area contributed by atoms with Gasteiger partial charge >= 0.3 is 0 Å². The van der Waals surface area contributed by atoms with E-state index in [1.165, 1.54) is 0 Å². The molecule has 3 heterocycles. The van der Waals surface area contributed by atoms with Crippen LogP contribution in [0.15, 0.2) is 128 Å². The molecule has 0 atom stereocenters. The summed E-state index contributed by atoms with van der Waals surface area (Å²) in [6.45, 7) is 0. The molecule has 0 amide bonds. The van der Waals surface area contributed by atoms with Crippen LogP contribution in [0.25, 0.3) is 33.5 Å². The maximum Gasteiger partial charge on any atom is 0.160 e. The van der Waals surface area contributed by atoms with Crippen LogP contribution in [0.4, 0.5) is 0 Å². The van der Waals surface area contributed by atoms with Crippen molar-refractivity contribution in [1.82, 2.24) is 24.3 Å². The predicted molar refractivity (Wildman–Crippen MR) is 154 cm³/mol. The van der Waals surface area contributed by atoms with Crippen molar-refractivity contribution in [1.29, 1.82) is 0 Å². The van der Waals surface area contributed by atoms with Crippen LogP contribution >= 0.6 is 0 Å². The van der Waals surface area contributed by atoms with E-state index < -0.39 is 5.54 Å². The summed E-state index contributed by atoms with van der Waals surface area (Å²) in [4.78, 5) is 10.0. The smallest absolute Gasteiger partial charge is 0.160 e. The number of fused-ring (bicyclic) bond motifs is 2. The SMILES string of the molecule is Cn1nc(-c2cnc3c(ccn3C(c3ccccc3)(c3ccccc3)c3ccccc3)n2)c2cc(O)ccc21. The molecular weight excluding hydrogens is 482 g/mol. The monoisotopic (exact) mass is 507 g/mol. The van der Waals surface area contributed by atoms with Crippen molar-refractivity contribution in [2.75, 3.05) is 0 Å². The van der Waals surface area contributed by atoms with Crippen molar-refractivity contribution >= 4 is 22.1 Å². The second kappa shape index (κ2) is 8.96. The molecule has 39 heavy (non-hydrogen) atoms. The molecule has 188 valence electrons. The lowest BCUT2D eigenvalue weighted by Gasteiger charge is -2.38. The third kappa shape index (κ3) is 3.53. The molecule has 4 aromatic carbocycles. The van der Waals surface area contributed by atoms with E-state index in [2.05, 4.69) is 83.6 Å². The Balaban J connectivity index is 1.50. The van der Waals surface area contributed by atoms with Gasteiger partial charge in [0.15, 0.2) is 5.65 Å². The van der Waals surface area contributed by atoms with Crippen molar-refractivity contribution in [3.05, 3.63) is 144 Å². The zero-order valence-electron chi connectivity index (χ0n) is 21.3. The van der Waals surface area contributed by atoms with Gasteiger partial charge in [-0.25, -0.2) is 9.97 Å².